The predicted molar refractivity (Wildman–Crippen MR) is 117 cm³/mol. The third kappa shape index (κ3) is 5.04. The van der Waals surface area contributed by atoms with Crippen molar-refractivity contribution in [2.75, 3.05) is 13.1 Å². The molecule has 0 bridgehead atoms. The Kier molecular flexibility index (Phi) is 6.72. The van der Waals surface area contributed by atoms with E-state index in [1.807, 2.05) is 35.2 Å². The van der Waals surface area contributed by atoms with E-state index in [4.69, 9.17) is 27.6 Å². The summed E-state index contributed by atoms with van der Waals surface area (Å²) < 4.78 is 5.65. The van der Waals surface area contributed by atoms with Crippen LogP contribution in [0.5, 0.6) is 0 Å². The molecule has 0 atom stereocenters. The Labute approximate surface area is 186 Å². The lowest BCUT2D eigenvalue weighted by molar-refractivity contribution is 0.0787. The number of rotatable bonds is 7. The van der Waals surface area contributed by atoms with Gasteiger partial charge in [-0.25, -0.2) is 4.98 Å². The normalized spacial score (nSPS) is 13.9. The molecule has 3 aromatic rings. The van der Waals surface area contributed by atoms with Gasteiger partial charge in [-0.3, -0.25) is 9.69 Å². The van der Waals surface area contributed by atoms with Crippen molar-refractivity contribution < 1.29 is 9.21 Å². The number of hydrogen-bond donors (Lipinski definition) is 0. The van der Waals surface area contributed by atoms with E-state index < -0.39 is 0 Å². The fraction of sp³-hybridized carbons (Fsp3) is 0.304. The first kappa shape index (κ1) is 20.9. The Morgan fingerprint density at radius 1 is 1.00 bits per heavy atom. The standard InChI is InChI=1S/C23H23Cl2N3O2/c24-19-10-6-9-18(22(19)25)14-27(13-17-7-2-1-3-8-17)15-21-26-20(16-30-21)23(29)28-11-4-5-12-28/h1-3,6-10,16H,4-5,11-15H2. The van der Waals surface area contributed by atoms with E-state index in [0.29, 0.717) is 41.3 Å². The van der Waals surface area contributed by atoms with Gasteiger partial charge in [-0.05, 0) is 30.0 Å². The van der Waals surface area contributed by atoms with Crippen LogP contribution in [0.1, 0.15) is 40.3 Å². The zero-order chi connectivity index (χ0) is 20.9. The lowest BCUT2D eigenvalue weighted by Crippen LogP contribution is -2.28. The Morgan fingerprint density at radius 2 is 1.77 bits per heavy atom. The molecule has 1 aliphatic heterocycles. The number of amides is 1. The third-order valence-corrected chi connectivity index (χ3v) is 6.06. The van der Waals surface area contributed by atoms with Crippen molar-refractivity contribution in [2.24, 2.45) is 0 Å². The molecule has 0 spiro atoms. The molecular formula is C23H23Cl2N3O2. The molecule has 30 heavy (non-hydrogen) atoms. The highest BCUT2D eigenvalue weighted by Gasteiger charge is 2.23. The quantitative estimate of drug-likeness (QED) is 0.488. The smallest absolute Gasteiger partial charge is 0.275 e. The Morgan fingerprint density at radius 3 is 2.53 bits per heavy atom. The van der Waals surface area contributed by atoms with Crippen molar-refractivity contribution in [2.45, 2.75) is 32.5 Å². The molecule has 0 aliphatic carbocycles. The molecule has 0 radical (unpaired) electrons. The Bertz CT molecular complexity index is 1000. The number of oxazole rings is 1. The number of carbonyl (C=O) groups is 1. The molecule has 1 saturated heterocycles. The highest BCUT2D eigenvalue weighted by Crippen LogP contribution is 2.27. The van der Waals surface area contributed by atoms with Gasteiger partial charge in [0.2, 0.25) is 5.89 Å². The number of nitrogens with zero attached hydrogens (tertiary/aromatic N) is 3. The predicted octanol–water partition coefficient (Wildman–Crippen LogP) is 5.42. The fourth-order valence-electron chi connectivity index (χ4n) is 3.68. The first-order chi connectivity index (χ1) is 14.6. The summed E-state index contributed by atoms with van der Waals surface area (Å²) >= 11 is 12.6. The summed E-state index contributed by atoms with van der Waals surface area (Å²) in [4.78, 5) is 21.0. The van der Waals surface area contributed by atoms with Gasteiger partial charge in [0.1, 0.15) is 6.26 Å². The topological polar surface area (TPSA) is 49.6 Å². The van der Waals surface area contributed by atoms with Gasteiger partial charge < -0.3 is 9.32 Å². The molecule has 1 fully saturated rings. The van der Waals surface area contributed by atoms with Crippen LogP contribution in [0.2, 0.25) is 10.0 Å². The average Bonchev–Trinajstić information content (AvgIpc) is 3.44. The van der Waals surface area contributed by atoms with Gasteiger partial charge in [0, 0.05) is 26.2 Å². The molecule has 2 aromatic carbocycles. The van der Waals surface area contributed by atoms with Crippen molar-refractivity contribution in [1.29, 1.82) is 0 Å². The first-order valence-electron chi connectivity index (χ1n) is 10.0. The number of benzene rings is 2. The van der Waals surface area contributed by atoms with Crippen LogP contribution in [0.3, 0.4) is 0 Å². The summed E-state index contributed by atoms with van der Waals surface area (Å²) in [6.07, 6.45) is 3.55. The Balaban J connectivity index is 1.52. The molecule has 0 unspecified atom stereocenters. The number of halogens is 2. The number of hydrogen-bond acceptors (Lipinski definition) is 4. The third-order valence-electron chi connectivity index (χ3n) is 5.20. The van der Waals surface area contributed by atoms with E-state index in [2.05, 4.69) is 22.0 Å². The SMILES string of the molecule is O=C(c1coc(CN(Cc2ccccc2)Cc2cccc(Cl)c2Cl)n1)N1CCCC1. The monoisotopic (exact) mass is 443 g/mol. The van der Waals surface area contributed by atoms with Crippen molar-refractivity contribution in [3.63, 3.8) is 0 Å². The summed E-state index contributed by atoms with van der Waals surface area (Å²) in [6.45, 7) is 3.28. The molecular weight excluding hydrogens is 421 g/mol. The lowest BCUT2D eigenvalue weighted by Gasteiger charge is -2.22. The van der Waals surface area contributed by atoms with Crippen LogP contribution in [0.4, 0.5) is 0 Å². The molecule has 0 saturated carbocycles. The summed E-state index contributed by atoms with van der Waals surface area (Å²) in [5.41, 5.74) is 2.46. The molecule has 1 aromatic heterocycles. The molecule has 4 rings (SSSR count). The van der Waals surface area contributed by atoms with Gasteiger partial charge in [-0.15, -0.1) is 0 Å². The fourth-order valence-corrected chi connectivity index (χ4v) is 4.06. The molecule has 156 valence electrons. The van der Waals surface area contributed by atoms with Crippen LogP contribution in [-0.4, -0.2) is 33.8 Å². The van der Waals surface area contributed by atoms with Gasteiger partial charge in [0.25, 0.3) is 5.91 Å². The van der Waals surface area contributed by atoms with Crippen LogP contribution in [-0.2, 0) is 19.6 Å². The average molecular weight is 444 g/mol. The van der Waals surface area contributed by atoms with Crippen LogP contribution in [0.25, 0.3) is 0 Å². The minimum Gasteiger partial charge on any atom is -0.447 e. The van der Waals surface area contributed by atoms with Crippen LogP contribution in [0, 0.1) is 0 Å². The summed E-state index contributed by atoms with van der Waals surface area (Å²) in [6, 6.07) is 15.8. The lowest BCUT2D eigenvalue weighted by atomic mass is 10.1. The minimum absolute atomic E-state index is 0.0602. The van der Waals surface area contributed by atoms with Crippen LogP contribution < -0.4 is 0 Å². The molecule has 1 amide bonds. The molecule has 7 heteroatoms. The van der Waals surface area contributed by atoms with Crippen LogP contribution in [0.15, 0.2) is 59.2 Å². The number of likely N-dealkylation sites (tertiary alicyclic amines) is 1. The van der Waals surface area contributed by atoms with E-state index >= 15 is 0 Å². The van der Waals surface area contributed by atoms with Crippen molar-refractivity contribution in [3.8, 4) is 0 Å². The Hall–Kier alpha value is -2.34. The summed E-state index contributed by atoms with van der Waals surface area (Å²) in [5, 5.41) is 1.08. The molecule has 5 nitrogen and oxygen atoms in total. The minimum atomic E-state index is -0.0602. The van der Waals surface area contributed by atoms with Gasteiger partial charge in [-0.1, -0.05) is 65.7 Å². The second-order valence-corrected chi connectivity index (χ2v) is 8.25. The van der Waals surface area contributed by atoms with E-state index in [1.54, 1.807) is 6.07 Å². The maximum atomic E-state index is 12.6. The summed E-state index contributed by atoms with van der Waals surface area (Å²) in [5.74, 6) is 0.446. The first-order valence-corrected chi connectivity index (χ1v) is 10.8. The van der Waals surface area contributed by atoms with Gasteiger partial charge in [0.05, 0.1) is 16.6 Å². The zero-order valence-corrected chi connectivity index (χ0v) is 18.1. The largest absolute Gasteiger partial charge is 0.447 e. The van der Waals surface area contributed by atoms with Gasteiger partial charge >= 0.3 is 0 Å². The summed E-state index contributed by atoms with van der Waals surface area (Å²) in [7, 11) is 0. The number of carbonyl (C=O) groups excluding carboxylic acids is 1. The number of aromatic nitrogens is 1. The van der Waals surface area contributed by atoms with Crippen LogP contribution >= 0.6 is 23.2 Å². The maximum absolute atomic E-state index is 12.6. The zero-order valence-electron chi connectivity index (χ0n) is 16.6. The van der Waals surface area contributed by atoms with Crippen molar-refractivity contribution >= 4 is 29.1 Å². The van der Waals surface area contributed by atoms with E-state index in [1.165, 1.54) is 6.26 Å². The second kappa shape index (κ2) is 9.65. The second-order valence-electron chi connectivity index (χ2n) is 7.47. The van der Waals surface area contributed by atoms with E-state index in [9.17, 15) is 4.79 Å². The molecule has 0 N–H and O–H groups in total. The van der Waals surface area contributed by atoms with Gasteiger partial charge in [-0.2, -0.15) is 0 Å². The highest BCUT2D eigenvalue weighted by atomic mass is 35.5. The van der Waals surface area contributed by atoms with Gasteiger partial charge in [0.15, 0.2) is 5.69 Å². The van der Waals surface area contributed by atoms with Crippen molar-refractivity contribution in [1.82, 2.24) is 14.8 Å². The molecule has 2 heterocycles. The van der Waals surface area contributed by atoms with Crippen molar-refractivity contribution in [3.05, 3.63) is 87.6 Å². The van der Waals surface area contributed by atoms with E-state index in [-0.39, 0.29) is 5.91 Å². The highest BCUT2D eigenvalue weighted by molar-refractivity contribution is 6.42. The molecule has 1 aliphatic rings. The maximum Gasteiger partial charge on any atom is 0.275 e. The van der Waals surface area contributed by atoms with E-state index in [0.717, 1.165) is 37.1 Å².